The molecule has 0 fully saturated rings. The van der Waals surface area contributed by atoms with Crippen molar-refractivity contribution < 1.29 is 27.1 Å². The summed E-state index contributed by atoms with van der Waals surface area (Å²) in [5, 5.41) is 8.82. The second-order valence-corrected chi connectivity index (χ2v) is 6.89. The molecule has 0 bridgehead atoms. The van der Waals surface area contributed by atoms with Gasteiger partial charge in [-0.3, -0.25) is 4.79 Å². The maximum atomic E-state index is 13.0. The number of nitrogens with one attached hydrogen (secondary N) is 1. The summed E-state index contributed by atoms with van der Waals surface area (Å²) < 4.78 is 52.0. The van der Waals surface area contributed by atoms with E-state index in [1.54, 1.807) is 11.6 Å². The molecule has 1 rings (SSSR count). The average molecular weight is 342 g/mol. The number of aliphatic carboxylic acids is 1. The molecule has 0 aliphatic heterocycles. The lowest BCUT2D eigenvalue weighted by Gasteiger charge is -2.28. The van der Waals surface area contributed by atoms with Gasteiger partial charge in [0.1, 0.15) is 5.54 Å². The Bertz CT molecular complexity index is 651. The lowest BCUT2D eigenvalue weighted by molar-refractivity contribution is -0.140. The Balaban J connectivity index is 3.17. The van der Waals surface area contributed by atoms with Crippen molar-refractivity contribution in [2.24, 2.45) is 0 Å². The molecule has 1 atom stereocenters. The average Bonchev–Trinajstić information content (AvgIpc) is 2.30. The molecule has 21 heavy (non-hydrogen) atoms. The highest BCUT2D eigenvalue weighted by atomic mass is 35.5. The number of carboxylic acids is 1. The molecule has 1 unspecified atom stereocenters. The normalized spacial score (nSPS) is 15.0. The van der Waals surface area contributed by atoms with Gasteiger partial charge in [-0.05, 0) is 31.5 Å². The lowest BCUT2D eigenvalue weighted by atomic mass is 10.0. The van der Waals surface area contributed by atoms with E-state index in [4.69, 9.17) is 16.7 Å². The Hall–Kier alpha value is -1.25. The van der Waals surface area contributed by atoms with Gasteiger partial charge in [0.25, 0.3) is 6.43 Å². The summed E-state index contributed by atoms with van der Waals surface area (Å²) in [5.41, 5.74) is -1.79. The van der Waals surface area contributed by atoms with Crippen molar-refractivity contribution in [1.29, 1.82) is 0 Å². The smallest absolute Gasteiger partial charge is 0.305 e. The summed E-state index contributed by atoms with van der Waals surface area (Å²) in [6, 6.07) is 3.75. The number of benzene rings is 1. The van der Waals surface area contributed by atoms with E-state index in [9.17, 15) is 22.0 Å². The Morgan fingerprint density at radius 3 is 2.48 bits per heavy atom. The standard InChI is InChI=1S/C12H14ClF2NO4S/c1-7-3-4-8(5-9(7)13)21(19,20)16-12(2,11(14)15)6-10(17)18/h3-5,11,16H,6H2,1-2H3,(H,17,18). The van der Waals surface area contributed by atoms with Crippen LogP contribution in [0.4, 0.5) is 8.78 Å². The van der Waals surface area contributed by atoms with Crippen LogP contribution in [0.5, 0.6) is 0 Å². The summed E-state index contributed by atoms with van der Waals surface area (Å²) >= 11 is 5.80. The van der Waals surface area contributed by atoms with E-state index in [-0.39, 0.29) is 9.92 Å². The third-order valence-corrected chi connectivity index (χ3v) is 4.84. The van der Waals surface area contributed by atoms with Crippen LogP contribution in [0.25, 0.3) is 0 Å². The van der Waals surface area contributed by atoms with Crippen molar-refractivity contribution in [3.05, 3.63) is 28.8 Å². The Kier molecular flexibility index (Phi) is 5.30. The van der Waals surface area contributed by atoms with Crippen molar-refractivity contribution in [1.82, 2.24) is 4.72 Å². The predicted molar refractivity (Wildman–Crippen MR) is 73.2 cm³/mol. The molecule has 0 radical (unpaired) electrons. The second kappa shape index (κ2) is 6.25. The van der Waals surface area contributed by atoms with E-state index in [0.29, 0.717) is 5.56 Å². The van der Waals surface area contributed by atoms with Crippen molar-refractivity contribution in [2.45, 2.75) is 37.1 Å². The van der Waals surface area contributed by atoms with Gasteiger partial charge in [-0.15, -0.1) is 0 Å². The Morgan fingerprint density at radius 2 is 2.05 bits per heavy atom. The molecule has 2 N–H and O–H groups in total. The zero-order chi connectivity index (χ0) is 16.4. The first-order valence-corrected chi connectivity index (χ1v) is 7.64. The number of carboxylic acid groups (broad SMARTS) is 1. The summed E-state index contributed by atoms with van der Waals surface area (Å²) in [4.78, 5) is 10.3. The Morgan fingerprint density at radius 1 is 1.48 bits per heavy atom. The van der Waals surface area contributed by atoms with Gasteiger partial charge in [0.05, 0.1) is 11.3 Å². The first-order chi connectivity index (χ1) is 9.48. The molecule has 1 aromatic rings. The minimum Gasteiger partial charge on any atom is -0.481 e. The summed E-state index contributed by atoms with van der Waals surface area (Å²) in [5.74, 6) is -1.54. The molecule has 9 heteroatoms. The second-order valence-electron chi connectivity index (χ2n) is 4.81. The highest BCUT2D eigenvalue weighted by molar-refractivity contribution is 7.89. The predicted octanol–water partition coefficient (Wildman–Crippen LogP) is 2.43. The SMILES string of the molecule is Cc1ccc(S(=O)(=O)NC(C)(CC(=O)O)C(F)F)cc1Cl. The van der Waals surface area contributed by atoms with Gasteiger partial charge in [0.2, 0.25) is 10.0 Å². The molecule has 0 spiro atoms. The molecule has 0 aliphatic rings. The van der Waals surface area contributed by atoms with Gasteiger partial charge >= 0.3 is 5.97 Å². The number of carbonyl (C=O) groups is 1. The highest BCUT2D eigenvalue weighted by Crippen LogP contribution is 2.25. The van der Waals surface area contributed by atoms with Crippen LogP contribution in [0.2, 0.25) is 5.02 Å². The minimum atomic E-state index is -4.33. The molecular formula is C12H14ClF2NO4S. The third-order valence-electron chi connectivity index (χ3n) is 2.82. The molecule has 0 saturated carbocycles. The molecule has 0 aromatic heterocycles. The summed E-state index contributed by atoms with van der Waals surface area (Å²) in [6.07, 6.45) is -4.24. The maximum absolute atomic E-state index is 13.0. The molecule has 0 amide bonds. The highest BCUT2D eigenvalue weighted by Gasteiger charge is 2.41. The summed E-state index contributed by atoms with van der Waals surface area (Å²) in [6.45, 7) is 2.49. The molecule has 0 heterocycles. The fourth-order valence-corrected chi connectivity index (χ4v) is 3.24. The topological polar surface area (TPSA) is 83.5 Å². The molecule has 1 aromatic carbocycles. The number of aryl methyl sites for hydroxylation is 1. The maximum Gasteiger partial charge on any atom is 0.305 e. The fraction of sp³-hybridized carbons (Fsp3) is 0.417. The number of rotatable bonds is 6. The number of hydrogen-bond acceptors (Lipinski definition) is 3. The van der Waals surface area contributed by atoms with Crippen LogP contribution in [0.15, 0.2) is 23.1 Å². The van der Waals surface area contributed by atoms with E-state index in [1.165, 1.54) is 12.1 Å². The van der Waals surface area contributed by atoms with Crippen LogP contribution < -0.4 is 4.72 Å². The Labute approximate surface area is 126 Å². The largest absolute Gasteiger partial charge is 0.481 e. The van der Waals surface area contributed by atoms with E-state index < -0.39 is 34.4 Å². The zero-order valence-corrected chi connectivity index (χ0v) is 12.8. The molecular weight excluding hydrogens is 328 g/mol. The quantitative estimate of drug-likeness (QED) is 0.832. The van der Waals surface area contributed by atoms with E-state index >= 15 is 0 Å². The zero-order valence-electron chi connectivity index (χ0n) is 11.2. The molecule has 5 nitrogen and oxygen atoms in total. The molecule has 118 valence electrons. The number of hydrogen-bond donors (Lipinski definition) is 2. The summed E-state index contributed by atoms with van der Waals surface area (Å²) in [7, 11) is -4.33. The van der Waals surface area contributed by atoms with Gasteiger partial charge < -0.3 is 5.11 Å². The van der Waals surface area contributed by atoms with Gasteiger partial charge in [0, 0.05) is 5.02 Å². The van der Waals surface area contributed by atoms with Crippen molar-refractivity contribution in [2.75, 3.05) is 0 Å². The van der Waals surface area contributed by atoms with Crippen molar-refractivity contribution >= 4 is 27.6 Å². The van der Waals surface area contributed by atoms with Crippen molar-refractivity contribution in [3.63, 3.8) is 0 Å². The van der Waals surface area contributed by atoms with Crippen LogP contribution in [0, 0.1) is 6.92 Å². The van der Waals surface area contributed by atoms with Gasteiger partial charge in [-0.25, -0.2) is 17.2 Å². The van der Waals surface area contributed by atoms with Crippen LogP contribution in [0.3, 0.4) is 0 Å². The van der Waals surface area contributed by atoms with Crippen LogP contribution >= 0.6 is 11.6 Å². The third kappa shape index (κ3) is 4.36. The monoisotopic (exact) mass is 341 g/mol. The van der Waals surface area contributed by atoms with Crippen LogP contribution in [0.1, 0.15) is 18.9 Å². The molecule has 0 aliphatic carbocycles. The fourth-order valence-electron chi connectivity index (χ4n) is 1.58. The van der Waals surface area contributed by atoms with Crippen LogP contribution in [-0.2, 0) is 14.8 Å². The first kappa shape index (κ1) is 17.8. The van der Waals surface area contributed by atoms with Crippen molar-refractivity contribution in [3.8, 4) is 0 Å². The van der Waals surface area contributed by atoms with Gasteiger partial charge in [-0.1, -0.05) is 17.7 Å². The first-order valence-electron chi connectivity index (χ1n) is 5.78. The minimum absolute atomic E-state index is 0.162. The van der Waals surface area contributed by atoms with Crippen LogP contribution in [-0.4, -0.2) is 31.5 Å². The van der Waals surface area contributed by atoms with Gasteiger partial charge in [0.15, 0.2) is 0 Å². The van der Waals surface area contributed by atoms with E-state index in [0.717, 1.165) is 13.0 Å². The number of halogens is 3. The van der Waals surface area contributed by atoms with Gasteiger partial charge in [-0.2, -0.15) is 4.72 Å². The number of alkyl halides is 2. The lowest BCUT2D eigenvalue weighted by Crippen LogP contribution is -2.52. The number of sulfonamides is 1. The molecule has 0 saturated heterocycles. The van der Waals surface area contributed by atoms with E-state index in [2.05, 4.69) is 0 Å². The van der Waals surface area contributed by atoms with E-state index in [1.807, 2.05) is 0 Å².